The Morgan fingerprint density at radius 3 is 1.61 bits per heavy atom. The van der Waals surface area contributed by atoms with Gasteiger partial charge in [0.1, 0.15) is 5.60 Å². The number of benzene rings is 3. The van der Waals surface area contributed by atoms with E-state index in [-0.39, 0.29) is 5.97 Å². The first-order chi connectivity index (χ1) is 16.1. The summed E-state index contributed by atoms with van der Waals surface area (Å²) in [5.41, 5.74) is 4.53. The predicted octanol–water partition coefficient (Wildman–Crippen LogP) is 7.06. The average Bonchev–Trinajstić information content (AvgIpc) is 2.89. The topological polar surface area (TPSA) is 35.5 Å². The van der Waals surface area contributed by atoms with E-state index in [1.54, 1.807) is 0 Å². The third kappa shape index (κ3) is 5.80. The van der Waals surface area contributed by atoms with Crippen molar-refractivity contribution in [2.45, 2.75) is 45.1 Å². The SMILES string of the molecule is CC/C(CCCCOC(c1ccccc1)(c1ccccc1)c1ccccc1)=C(/C)C(=O)OC. The van der Waals surface area contributed by atoms with Gasteiger partial charge in [-0.3, -0.25) is 0 Å². The lowest BCUT2D eigenvalue weighted by atomic mass is 9.80. The molecule has 3 rings (SSSR count). The summed E-state index contributed by atoms with van der Waals surface area (Å²) in [7, 11) is 1.43. The summed E-state index contributed by atoms with van der Waals surface area (Å²) in [5.74, 6) is -0.237. The van der Waals surface area contributed by atoms with Crippen LogP contribution in [0.2, 0.25) is 0 Å². The fourth-order valence-electron chi connectivity index (χ4n) is 4.36. The maximum absolute atomic E-state index is 11.9. The van der Waals surface area contributed by atoms with Crippen LogP contribution in [0.1, 0.15) is 56.2 Å². The van der Waals surface area contributed by atoms with E-state index in [0.29, 0.717) is 6.61 Å². The summed E-state index contributed by atoms with van der Waals surface area (Å²) >= 11 is 0. The molecule has 0 amide bonds. The largest absolute Gasteiger partial charge is 0.466 e. The average molecular weight is 443 g/mol. The van der Waals surface area contributed by atoms with Crippen molar-refractivity contribution in [3.8, 4) is 0 Å². The highest BCUT2D eigenvalue weighted by atomic mass is 16.5. The summed E-state index contributed by atoms with van der Waals surface area (Å²) < 4.78 is 11.7. The van der Waals surface area contributed by atoms with Crippen LogP contribution in [-0.2, 0) is 19.9 Å². The second-order valence-electron chi connectivity index (χ2n) is 8.16. The van der Waals surface area contributed by atoms with Crippen LogP contribution < -0.4 is 0 Å². The molecule has 0 aromatic heterocycles. The van der Waals surface area contributed by atoms with Crippen LogP contribution in [-0.4, -0.2) is 19.7 Å². The van der Waals surface area contributed by atoms with E-state index < -0.39 is 5.60 Å². The van der Waals surface area contributed by atoms with Crippen molar-refractivity contribution in [1.29, 1.82) is 0 Å². The van der Waals surface area contributed by atoms with Gasteiger partial charge < -0.3 is 9.47 Å². The third-order valence-corrected chi connectivity index (χ3v) is 6.18. The third-order valence-electron chi connectivity index (χ3n) is 6.18. The molecule has 0 unspecified atom stereocenters. The van der Waals surface area contributed by atoms with Crippen molar-refractivity contribution in [3.05, 3.63) is 119 Å². The van der Waals surface area contributed by atoms with Crippen molar-refractivity contribution in [2.75, 3.05) is 13.7 Å². The first kappa shape index (κ1) is 24.5. The summed E-state index contributed by atoms with van der Waals surface area (Å²) in [6.45, 7) is 4.54. The molecule has 3 aromatic rings. The molecule has 0 aliphatic carbocycles. The molecule has 0 atom stereocenters. The highest BCUT2D eigenvalue weighted by Crippen LogP contribution is 2.40. The molecule has 0 aliphatic heterocycles. The Hall–Kier alpha value is -3.17. The van der Waals surface area contributed by atoms with Gasteiger partial charge in [-0.2, -0.15) is 0 Å². The Morgan fingerprint density at radius 2 is 1.21 bits per heavy atom. The van der Waals surface area contributed by atoms with Crippen LogP contribution in [0.5, 0.6) is 0 Å². The molecule has 0 N–H and O–H groups in total. The molecule has 0 saturated carbocycles. The van der Waals surface area contributed by atoms with E-state index in [2.05, 4.69) is 79.7 Å². The molecule has 0 saturated heterocycles. The first-order valence-electron chi connectivity index (χ1n) is 11.7. The predicted molar refractivity (Wildman–Crippen MR) is 134 cm³/mol. The summed E-state index contributed by atoms with van der Waals surface area (Å²) in [6.07, 6.45) is 3.57. The van der Waals surface area contributed by atoms with Gasteiger partial charge in [-0.05, 0) is 49.3 Å². The normalized spacial score (nSPS) is 12.2. The zero-order valence-electron chi connectivity index (χ0n) is 19.9. The number of allylic oxidation sites excluding steroid dienone is 1. The van der Waals surface area contributed by atoms with Crippen molar-refractivity contribution in [2.24, 2.45) is 0 Å². The Labute approximate surface area is 198 Å². The maximum atomic E-state index is 11.9. The quantitative estimate of drug-likeness (QED) is 0.138. The van der Waals surface area contributed by atoms with E-state index in [4.69, 9.17) is 9.47 Å². The lowest BCUT2D eigenvalue weighted by Gasteiger charge is -2.36. The maximum Gasteiger partial charge on any atom is 0.333 e. The van der Waals surface area contributed by atoms with Crippen LogP contribution in [0.15, 0.2) is 102 Å². The second kappa shape index (κ2) is 12.2. The molecule has 0 heterocycles. The van der Waals surface area contributed by atoms with Gasteiger partial charge in [0.25, 0.3) is 0 Å². The van der Waals surface area contributed by atoms with Crippen molar-refractivity contribution < 1.29 is 14.3 Å². The Bertz CT molecular complexity index is 927. The molecule has 3 nitrogen and oxygen atoms in total. The Kier molecular flexibility index (Phi) is 9.03. The summed E-state index contributed by atoms with van der Waals surface area (Å²) in [6, 6.07) is 31.3. The highest BCUT2D eigenvalue weighted by Gasteiger charge is 2.37. The fraction of sp³-hybridized carbons (Fsp3) is 0.300. The van der Waals surface area contributed by atoms with Gasteiger partial charge in [0.2, 0.25) is 0 Å². The number of rotatable bonds is 11. The lowest BCUT2D eigenvalue weighted by molar-refractivity contribution is -0.136. The number of carbonyl (C=O) groups excluding carboxylic acids is 1. The fourth-order valence-corrected chi connectivity index (χ4v) is 4.36. The van der Waals surface area contributed by atoms with E-state index >= 15 is 0 Å². The molecular weight excluding hydrogens is 408 g/mol. The standard InChI is InChI=1S/C30H34O3/c1-4-25(24(2)29(31)32-3)16-14-15-23-33-30(26-17-8-5-9-18-26,27-19-10-6-11-20-27)28-21-12-7-13-22-28/h5-13,17-22H,4,14-16,23H2,1-3H3/b25-24+. The van der Waals surface area contributed by atoms with Crippen LogP contribution in [0.4, 0.5) is 0 Å². The number of unbranched alkanes of at least 4 members (excludes halogenated alkanes) is 1. The molecular formula is C30H34O3. The molecule has 0 bridgehead atoms. The summed E-state index contributed by atoms with van der Waals surface area (Å²) in [4.78, 5) is 11.9. The zero-order chi connectivity index (χ0) is 23.5. The minimum absolute atomic E-state index is 0.237. The van der Waals surface area contributed by atoms with Crippen molar-refractivity contribution in [1.82, 2.24) is 0 Å². The van der Waals surface area contributed by atoms with Crippen LogP contribution in [0.25, 0.3) is 0 Å². The van der Waals surface area contributed by atoms with Crippen molar-refractivity contribution >= 4 is 5.97 Å². The monoisotopic (exact) mass is 442 g/mol. The van der Waals surface area contributed by atoms with Gasteiger partial charge in [0, 0.05) is 12.2 Å². The number of hydrogen-bond acceptors (Lipinski definition) is 3. The zero-order valence-corrected chi connectivity index (χ0v) is 19.9. The van der Waals surface area contributed by atoms with E-state index in [0.717, 1.165) is 53.5 Å². The summed E-state index contributed by atoms with van der Waals surface area (Å²) in [5, 5.41) is 0. The number of ether oxygens (including phenoxy) is 2. The second-order valence-corrected chi connectivity index (χ2v) is 8.16. The van der Waals surface area contributed by atoms with Gasteiger partial charge in [-0.15, -0.1) is 0 Å². The van der Waals surface area contributed by atoms with Crippen molar-refractivity contribution in [3.63, 3.8) is 0 Å². The molecule has 0 fully saturated rings. The van der Waals surface area contributed by atoms with E-state index in [1.807, 2.05) is 25.1 Å². The van der Waals surface area contributed by atoms with Gasteiger partial charge in [0.15, 0.2) is 0 Å². The lowest BCUT2D eigenvalue weighted by Crippen LogP contribution is -2.33. The number of carbonyl (C=O) groups is 1. The minimum Gasteiger partial charge on any atom is -0.466 e. The van der Waals surface area contributed by atoms with E-state index in [1.165, 1.54) is 7.11 Å². The highest BCUT2D eigenvalue weighted by molar-refractivity contribution is 5.88. The van der Waals surface area contributed by atoms with Gasteiger partial charge in [-0.1, -0.05) is 103 Å². The Morgan fingerprint density at radius 1 is 0.758 bits per heavy atom. The minimum atomic E-state index is -0.685. The van der Waals surface area contributed by atoms with Crippen LogP contribution >= 0.6 is 0 Å². The van der Waals surface area contributed by atoms with Gasteiger partial charge in [0.05, 0.1) is 7.11 Å². The molecule has 0 spiro atoms. The molecule has 0 radical (unpaired) electrons. The van der Waals surface area contributed by atoms with Crippen LogP contribution in [0.3, 0.4) is 0 Å². The number of hydrogen-bond donors (Lipinski definition) is 0. The Balaban J connectivity index is 1.85. The first-order valence-corrected chi connectivity index (χ1v) is 11.7. The molecule has 3 aromatic carbocycles. The molecule has 3 heteroatoms. The number of methoxy groups -OCH3 is 1. The molecule has 0 aliphatic rings. The molecule has 33 heavy (non-hydrogen) atoms. The smallest absolute Gasteiger partial charge is 0.333 e. The van der Waals surface area contributed by atoms with Gasteiger partial charge in [-0.25, -0.2) is 4.79 Å². The van der Waals surface area contributed by atoms with Crippen LogP contribution in [0, 0.1) is 0 Å². The molecule has 172 valence electrons. The number of esters is 1. The van der Waals surface area contributed by atoms with Gasteiger partial charge >= 0.3 is 5.97 Å². The van der Waals surface area contributed by atoms with E-state index in [9.17, 15) is 4.79 Å².